The highest BCUT2D eigenvalue weighted by molar-refractivity contribution is 6.14. The van der Waals surface area contributed by atoms with Crippen LogP contribution in [0.5, 0.6) is 0 Å². The predicted molar refractivity (Wildman–Crippen MR) is 131 cm³/mol. The van der Waals surface area contributed by atoms with E-state index in [1.165, 1.54) is 26.2 Å². The molecule has 0 radical (unpaired) electrons. The molecular weight excluding hydrogens is 505 g/mol. The van der Waals surface area contributed by atoms with Gasteiger partial charge in [-0.05, 0) is 43.2 Å². The Morgan fingerprint density at radius 2 is 1.84 bits per heavy atom. The fraction of sp³-hybridized carbons (Fsp3) is 0.174. The van der Waals surface area contributed by atoms with E-state index in [1.54, 1.807) is 30.5 Å². The largest absolute Gasteiger partial charge is 0.497 e. The number of halogens is 3. The van der Waals surface area contributed by atoms with Gasteiger partial charge in [0.2, 0.25) is 11.6 Å². The van der Waals surface area contributed by atoms with Crippen LogP contribution in [0.2, 0.25) is 0 Å². The highest BCUT2D eigenvalue weighted by Crippen LogP contribution is 2.47. The molecule has 194 valence electrons. The van der Waals surface area contributed by atoms with Crippen molar-refractivity contribution >= 4 is 41.0 Å². The molecule has 1 aliphatic rings. The minimum atomic E-state index is -5.33. The molecule has 3 N–H and O–H groups in total. The number of anilines is 2. The number of aromatic amines is 1. The molecular formula is C23H20F3N10O2+. The fourth-order valence-electron chi connectivity index (χ4n) is 3.87. The van der Waals surface area contributed by atoms with Crippen molar-refractivity contribution in [2.45, 2.75) is 20.0 Å². The van der Waals surface area contributed by atoms with Gasteiger partial charge in [0, 0.05) is 35.7 Å². The van der Waals surface area contributed by atoms with Gasteiger partial charge in [0.15, 0.2) is 5.82 Å². The number of fused-ring (bicyclic) bond motifs is 1. The maximum Gasteiger partial charge on any atom is 0.497 e. The topological polar surface area (TPSA) is 143 Å². The minimum absolute atomic E-state index is 0.0447. The summed E-state index contributed by atoms with van der Waals surface area (Å²) in [6.45, 7) is 3.34. The van der Waals surface area contributed by atoms with Gasteiger partial charge in [-0.3, -0.25) is 15.4 Å². The number of hydrogen-bond donors (Lipinski definition) is 3. The number of H-pyrrole nitrogens is 1. The van der Waals surface area contributed by atoms with E-state index in [4.69, 9.17) is 4.84 Å². The number of carbonyl (C=O) groups excluding carboxylic acids is 1. The van der Waals surface area contributed by atoms with Crippen LogP contribution in [0.1, 0.15) is 11.5 Å². The number of alkyl halides is 3. The number of aryl methyl sites for hydroxylation is 2. The summed E-state index contributed by atoms with van der Waals surface area (Å²) in [7, 11) is 1.53. The number of hydrogen-bond acceptors (Lipinski definition) is 9. The average Bonchev–Trinajstić information content (AvgIpc) is 3.49. The van der Waals surface area contributed by atoms with Crippen molar-refractivity contribution in [3.05, 3.63) is 60.3 Å². The van der Waals surface area contributed by atoms with Gasteiger partial charge in [0.25, 0.3) is 0 Å². The molecule has 1 unspecified atom stereocenters. The molecule has 0 bridgehead atoms. The number of quaternary nitrogens is 1. The number of nitrogens with one attached hydrogen (secondary N) is 3. The molecule has 0 amide bonds. The number of pyridine rings is 1. The van der Waals surface area contributed by atoms with E-state index in [9.17, 15) is 18.0 Å². The molecule has 5 rings (SSSR count). The lowest BCUT2D eigenvalue weighted by Crippen LogP contribution is -2.53. The normalized spacial score (nSPS) is 17.7. The Balaban J connectivity index is 1.83. The van der Waals surface area contributed by atoms with Gasteiger partial charge in [-0.25, -0.2) is 9.63 Å². The molecule has 4 aromatic rings. The number of guanidine groups is 1. The molecule has 38 heavy (non-hydrogen) atoms. The van der Waals surface area contributed by atoms with Crippen LogP contribution in [-0.4, -0.2) is 55.3 Å². The van der Waals surface area contributed by atoms with Crippen molar-refractivity contribution < 1.29 is 22.8 Å². The van der Waals surface area contributed by atoms with Crippen LogP contribution in [0.3, 0.4) is 0 Å². The smallest absolute Gasteiger partial charge is 0.357 e. The zero-order chi connectivity index (χ0) is 27.1. The Bertz CT molecular complexity index is 1560. The first-order valence-electron chi connectivity index (χ1n) is 11.1. The zero-order valence-corrected chi connectivity index (χ0v) is 20.2. The van der Waals surface area contributed by atoms with Crippen LogP contribution in [0.4, 0.5) is 42.3 Å². The summed E-state index contributed by atoms with van der Waals surface area (Å²) >= 11 is 0. The quantitative estimate of drug-likeness (QED) is 0.328. The monoisotopic (exact) mass is 525 g/mol. The molecule has 15 heteroatoms. The van der Waals surface area contributed by atoms with E-state index < -0.39 is 16.8 Å². The second kappa shape index (κ2) is 9.19. The Kier molecular flexibility index (Phi) is 5.99. The van der Waals surface area contributed by atoms with Crippen LogP contribution in [0, 0.1) is 13.8 Å². The van der Waals surface area contributed by atoms with Crippen LogP contribution in [-0.2, 0) is 9.63 Å². The van der Waals surface area contributed by atoms with E-state index in [-0.39, 0.29) is 35.2 Å². The van der Waals surface area contributed by atoms with Gasteiger partial charge in [-0.1, -0.05) is 6.07 Å². The summed E-state index contributed by atoms with van der Waals surface area (Å²) < 4.78 is 39.6. The lowest BCUT2D eigenvalue weighted by Gasteiger charge is -2.26. The average molecular weight is 525 g/mol. The molecule has 1 aromatic carbocycles. The van der Waals surface area contributed by atoms with Crippen LogP contribution < -0.4 is 15.3 Å². The molecule has 0 saturated carbocycles. The van der Waals surface area contributed by atoms with Crippen molar-refractivity contribution in [1.29, 1.82) is 0 Å². The Labute approximate surface area is 213 Å². The van der Waals surface area contributed by atoms with Gasteiger partial charge in [0.05, 0.1) is 6.20 Å². The van der Waals surface area contributed by atoms with Crippen LogP contribution in [0.25, 0.3) is 11.1 Å². The van der Waals surface area contributed by atoms with Crippen LogP contribution in [0.15, 0.2) is 53.8 Å². The Hall–Kier alpha value is -4.92. The Morgan fingerprint density at radius 1 is 1.05 bits per heavy atom. The number of carbonyl (C=O) groups is 1. The molecule has 1 atom stereocenters. The summed E-state index contributed by atoms with van der Waals surface area (Å²) in [5.41, 5.74) is 2.49. The summed E-state index contributed by atoms with van der Waals surface area (Å²) in [4.78, 5) is 38.9. The lowest BCUT2D eigenvalue weighted by molar-refractivity contribution is -0.217. The molecule has 0 saturated heterocycles. The SMILES string of the molecule is CNc1nc(C)nc([N+]2(OC(=O)C(F)(F)F)C(=Nc3ccn[nH]3)Nc3ccc(-c4ccnc(C)c4)cc32)n1. The standard InChI is InChI=1S/C23H20F3N10O2/c1-12-10-15(6-8-28-12)14-4-5-16-17(11-14)36(38-19(37)23(24,25)26,21-31-13(2)30-20(27-3)34-21)22(32-16)33-18-7-9-29-35-18/h4-11H,1-3H3,(H,27,30,31,34)(H2,29,32,33,35)/q+1. The summed E-state index contributed by atoms with van der Waals surface area (Å²) in [6.07, 6.45) is -2.31. The third kappa shape index (κ3) is 4.39. The van der Waals surface area contributed by atoms with E-state index in [0.29, 0.717) is 11.3 Å². The van der Waals surface area contributed by atoms with E-state index >= 15 is 0 Å². The third-order valence-corrected chi connectivity index (χ3v) is 5.52. The number of aliphatic imine (C=N–C) groups is 1. The minimum Gasteiger partial charge on any atom is -0.357 e. The van der Waals surface area contributed by atoms with Gasteiger partial charge in [-0.2, -0.15) is 33.2 Å². The second-order valence-electron chi connectivity index (χ2n) is 8.16. The molecule has 1 aliphatic heterocycles. The number of hydroxylamine groups is 1. The lowest BCUT2D eigenvalue weighted by atomic mass is 10.0. The van der Waals surface area contributed by atoms with Gasteiger partial charge < -0.3 is 5.32 Å². The first kappa shape index (κ1) is 24.8. The highest BCUT2D eigenvalue weighted by atomic mass is 19.4. The molecule has 0 fully saturated rings. The van der Waals surface area contributed by atoms with Crippen molar-refractivity contribution in [1.82, 2.24) is 34.8 Å². The van der Waals surface area contributed by atoms with Crippen molar-refractivity contribution in [2.24, 2.45) is 4.99 Å². The zero-order valence-electron chi connectivity index (χ0n) is 20.2. The van der Waals surface area contributed by atoms with E-state index in [2.05, 4.69) is 45.8 Å². The first-order chi connectivity index (χ1) is 18.1. The van der Waals surface area contributed by atoms with Gasteiger partial charge >= 0.3 is 24.1 Å². The van der Waals surface area contributed by atoms with Crippen molar-refractivity contribution in [3.63, 3.8) is 0 Å². The number of rotatable bonds is 5. The maximum absolute atomic E-state index is 13.6. The molecule has 0 aliphatic carbocycles. The summed E-state index contributed by atoms with van der Waals surface area (Å²) in [5.74, 6) is -2.67. The molecule has 4 heterocycles. The van der Waals surface area contributed by atoms with E-state index in [0.717, 1.165) is 11.3 Å². The van der Waals surface area contributed by atoms with Crippen LogP contribution >= 0.6 is 0 Å². The predicted octanol–water partition coefficient (Wildman–Crippen LogP) is 4.09. The number of nitrogens with zero attached hydrogens (tertiary/aromatic N) is 7. The van der Waals surface area contributed by atoms with E-state index in [1.807, 2.05) is 13.0 Å². The molecule has 12 nitrogen and oxygen atoms in total. The molecule has 3 aromatic heterocycles. The molecule has 0 spiro atoms. The first-order valence-corrected chi connectivity index (χ1v) is 11.1. The van der Waals surface area contributed by atoms with Crippen molar-refractivity contribution in [2.75, 3.05) is 17.7 Å². The van der Waals surface area contributed by atoms with Crippen molar-refractivity contribution in [3.8, 4) is 11.1 Å². The highest BCUT2D eigenvalue weighted by Gasteiger charge is 2.60. The second-order valence-corrected chi connectivity index (χ2v) is 8.16. The maximum atomic E-state index is 13.6. The van der Waals surface area contributed by atoms with Gasteiger partial charge in [-0.15, -0.1) is 4.98 Å². The number of benzene rings is 1. The summed E-state index contributed by atoms with van der Waals surface area (Å²) in [6, 6.07) is 10.0. The summed E-state index contributed by atoms with van der Waals surface area (Å²) in [5, 5.41) is 12.1. The Morgan fingerprint density at radius 3 is 2.53 bits per heavy atom. The third-order valence-electron chi connectivity index (χ3n) is 5.52. The fourth-order valence-corrected chi connectivity index (χ4v) is 3.87. The van der Waals surface area contributed by atoms with Gasteiger partial charge in [0.1, 0.15) is 11.5 Å². The number of aromatic nitrogens is 6.